The lowest BCUT2D eigenvalue weighted by Crippen LogP contribution is -2.40. The van der Waals surface area contributed by atoms with Crippen molar-refractivity contribution in [2.24, 2.45) is 5.16 Å². The maximum absolute atomic E-state index is 12.3. The van der Waals surface area contributed by atoms with Crippen LogP contribution >= 0.6 is 15.9 Å². The molecule has 25 heavy (non-hydrogen) atoms. The van der Waals surface area contributed by atoms with Gasteiger partial charge in [0.15, 0.2) is 11.9 Å². The van der Waals surface area contributed by atoms with Gasteiger partial charge in [0.05, 0.1) is 17.4 Å². The predicted molar refractivity (Wildman–Crippen MR) is 93.3 cm³/mol. The molecular weight excluding hydrogens is 394 g/mol. The molecule has 1 saturated heterocycles. The molecule has 1 aromatic rings. The number of nitro benzene ring substituents is 1. The number of oxime groups is 1. The molecule has 2 atom stereocenters. The molecule has 0 radical (unpaired) electrons. The van der Waals surface area contributed by atoms with E-state index in [9.17, 15) is 14.9 Å². The second-order valence-corrected chi connectivity index (χ2v) is 6.79. The molecule has 8 nitrogen and oxygen atoms in total. The van der Waals surface area contributed by atoms with Crippen LogP contribution in [0.4, 0.5) is 5.69 Å². The summed E-state index contributed by atoms with van der Waals surface area (Å²) >= 11 is 3.35. The van der Waals surface area contributed by atoms with E-state index in [0.717, 1.165) is 25.9 Å². The molecular formula is C16H18BrN3O5. The van der Waals surface area contributed by atoms with E-state index in [2.05, 4.69) is 26.0 Å². The number of esters is 1. The number of ether oxygens (including phenoxy) is 1. The first-order valence-corrected chi connectivity index (χ1v) is 8.91. The molecule has 2 aliphatic heterocycles. The SMILES string of the molecule is CCOC(=O)C1=NOC(N2CCCC2)C1c1cc(Br)ccc1[N+](=O)[O-]. The van der Waals surface area contributed by atoms with Crippen LogP contribution in [0, 0.1) is 10.1 Å². The third kappa shape index (κ3) is 3.52. The Hall–Kier alpha value is -2.00. The maximum atomic E-state index is 12.3. The smallest absolute Gasteiger partial charge is 0.356 e. The Kier molecular flexibility index (Phi) is 5.33. The van der Waals surface area contributed by atoms with Gasteiger partial charge >= 0.3 is 5.97 Å². The van der Waals surface area contributed by atoms with Gasteiger partial charge < -0.3 is 9.57 Å². The molecule has 2 aliphatic rings. The monoisotopic (exact) mass is 411 g/mol. The quantitative estimate of drug-likeness (QED) is 0.420. The molecule has 0 bridgehead atoms. The fourth-order valence-electron chi connectivity index (χ4n) is 3.25. The molecule has 2 heterocycles. The zero-order chi connectivity index (χ0) is 18.0. The molecule has 1 aromatic carbocycles. The lowest BCUT2D eigenvalue weighted by atomic mass is 9.90. The van der Waals surface area contributed by atoms with Gasteiger partial charge in [-0.05, 0) is 31.9 Å². The van der Waals surface area contributed by atoms with Crippen LogP contribution in [-0.4, -0.2) is 47.4 Å². The molecule has 0 aromatic heterocycles. The average Bonchev–Trinajstić information content (AvgIpc) is 3.23. The van der Waals surface area contributed by atoms with Crippen LogP contribution < -0.4 is 0 Å². The van der Waals surface area contributed by atoms with Crippen molar-refractivity contribution in [3.05, 3.63) is 38.3 Å². The molecule has 0 N–H and O–H groups in total. The van der Waals surface area contributed by atoms with Crippen molar-refractivity contribution < 1.29 is 19.3 Å². The zero-order valence-corrected chi connectivity index (χ0v) is 15.3. The number of halogens is 1. The topological polar surface area (TPSA) is 94.3 Å². The van der Waals surface area contributed by atoms with E-state index in [0.29, 0.717) is 10.0 Å². The number of carbonyl (C=O) groups is 1. The van der Waals surface area contributed by atoms with Gasteiger partial charge in [-0.3, -0.25) is 15.0 Å². The normalized spacial score (nSPS) is 23.2. The van der Waals surface area contributed by atoms with Crippen LogP contribution in [0.2, 0.25) is 0 Å². The van der Waals surface area contributed by atoms with Gasteiger partial charge in [-0.15, -0.1) is 0 Å². The van der Waals surface area contributed by atoms with Crippen molar-refractivity contribution in [3.8, 4) is 0 Å². The van der Waals surface area contributed by atoms with Crippen molar-refractivity contribution in [2.45, 2.75) is 31.9 Å². The lowest BCUT2D eigenvalue weighted by Gasteiger charge is -2.26. The van der Waals surface area contributed by atoms with Crippen molar-refractivity contribution in [2.75, 3.05) is 19.7 Å². The second kappa shape index (κ2) is 7.49. The van der Waals surface area contributed by atoms with Crippen LogP contribution in [0.25, 0.3) is 0 Å². The number of hydrogen-bond donors (Lipinski definition) is 0. The van der Waals surface area contributed by atoms with E-state index in [1.807, 2.05) is 0 Å². The van der Waals surface area contributed by atoms with Crippen LogP contribution in [0.1, 0.15) is 31.2 Å². The van der Waals surface area contributed by atoms with Gasteiger partial charge in [-0.1, -0.05) is 21.1 Å². The van der Waals surface area contributed by atoms with Gasteiger partial charge in [0.25, 0.3) is 5.69 Å². The summed E-state index contributed by atoms with van der Waals surface area (Å²) in [4.78, 5) is 31.0. The number of nitrogens with zero attached hydrogens (tertiary/aromatic N) is 3. The highest BCUT2D eigenvalue weighted by Crippen LogP contribution is 2.39. The van der Waals surface area contributed by atoms with Crippen molar-refractivity contribution in [1.82, 2.24) is 4.90 Å². The predicted octanol–water partition coefficient (Wildman–Crippen LogP) is 2.81. The molecule has 3 rings (SSSR count). The van der Waals surface area contributed by atoms with Gasteiger partial charge in [-0.25, -0.2) is 4.79 Å². The zero-order valence-electron chi connectivity index (χ0n) is 13.7. The highest BCUT2D eigenvalue weighted by atomic mass is 79.9. The number of hydrogen-bond acceptors (Lipinski definition) is 7. The molecule has 2 unspecified atom stereocenters. The number of nitro groups is 1. The minimum atomic E-state index is -0.671. The van der Waals surface area contributed by atoms with Crippen molar-refractivity contribution in [1.29, 1.82) is 0 Å². The highest BCUT2D eigenvalue weighted by Gasteiger charge is 2.46. The lowest BCUT2D eigenvalue weighted by molar-refractivity contribution is -0.385. The van der Waals surface area contributed by atoms with Crippen LogP contribution in [-0.2, 0) is 14.4 Å². The summed E-state index contributed by atoms with van der Waals surface area (Å²) in [5, 5.41) is 15.4. The molecule has 1 fully saturated rings. The van der Waals surface area contributed by atoms with E-state index in [1.165, 1.54) is 6.07 Å². The van der Waals surface area contributed by atoms with Gasteiger partial charge in [0.1, 0.15) is 0 Å². The van der Waals surface area contributed by atoms with E-state index in [4.69, 9.17) is 9.57 Å². The average molecular weight is 412 g/mol. The van der Waals surface area contributed by atoms with Crippen molar-refractivity contribution in [3.63, 3.8) is 0 Å². The molecule has 0 amide bonds. The number of benzene rings is 1. The van der Waals surface area contributed by atoms with Gasteiger partial charge in [0.2, 0.25) is 0 Å². The summed E-state index contributed by atoms with van der Waals surface area (Å²) in [5.41, 5.74) is 0.389. The number of carbonyl (C=O) groups excluding carboxylic acids is 1. The Bertz CT molecular complexity index is 718. The second-order valence-electron chi connectivity index (χ2n) is 5.87. The van der Waals surface area contributed by atoms with Gasteiger partial charge in [0, 0.05) is 29.2 Å². The first-order valence-electron chi connectivity index (χ1n) is 8.11. The summed E-state index contributed by atoms with van der Waals surface area (Å²) in [7, 11) is 0. The Labute approximate surface area is 153 Å². The molecule has 0 spiro atoms. The molecule has 0 aliphatic carbocycles. The number of likely N-dealkylation sites (tertiary alicyclic amines) is 1. The van der Waals surface area contributed by atoms with Crippen LogP contribution in [0.5, 0.6) is 0 Å². The summed E-state index contributed by atoms with van der Waals surface area (Å²) in [5.74, 6) is -1.28. The maximum Gasteiger partial charge on any atom is 0.356 e. The van der Waals surface area contributed by atoms with E-state index in [-0.39, 0.29) is 18.0 Å². The summed E-state index contributed by atoms with van der Waals surface area (Å²) < 4.78 is 5.75. The standard InChI is InChI=1S/C16H18BrN3O5/c1-2-24-16(21)14-13(15(25-18-14)19-7-3-4-8-19)11-9-10(17)5-6-12(11)20(22)23/h5-6,9,13,15H,2-4,7-8H2,1H3. The summed E-state index contributed by atoms with van der Waals surface area (Å²) in [6, 6.07) is 4.67. The Balaban J connectivity index is 2.05. The fraction of sp³-hybridized carbons (Fsp3) is 0.500. The molecule has 134 valence electrons. The summed E-state index contributed by atoms with van der Waals surface area (Å²) in [6.07, 6.45) is 1.49. The summed E-state index contributed by atoms with van der Waals surface area (Å²) in [6.45, 7) is 3.49. The van der Waals surface area contributed by atoms with E-state index >= 15 is 0 Å². The van der Waals surface area contributed by atoms with Gasteiger partial charge in [-0.2, -0.15) is 0 Å². The molecule has 0 saturated carbocycles. The minimum absolute atomic E-state index is 0.0694. The minimum Gasteiger partial charge on any atom is -0.461 e. The highest BCUT2D eigenvalue weighted by molar-refractivity contribution is 9.10. The molecule has 9 heteroatoms. The number of rotatable bonds is 5. The first-order chi connectivity index (χ1) is 12.0. The Morgan fingerprint density at radius 2 is 2.20 bits per heavy atom. The third-order valence-electron chi connectivity index (χ3n) is 4.35. The fourth-order valence-corrected chi connectivity index (χ4v) is 3.63. The Morgan fingerprint density at radius 3 is 2.84 bits per heavy atom. The largest absolute Gasteiger partial charge is 0.461 e. The van der Waals surface area contributed by atoms with Crippen molar-refractivity contribution >= 4 is 33.3 Å². The van der Waals surface area contributed by atoms with Crippen LogP contribution in [0.3, 0.4) is 0 Å². The first kappa shape index (κ1) is 17.8. The third-order valence-corrected chi connectivity index (χ3v) is 4.84. The van der Waals surface area contributed by atoms with E-state index in [1.54, 1.807) is 19.1 Å². The van der Waals surface area contributed by atoms with Crippen LogP contribution in [0.15, 0.2) is 27.8 Å². The Morgan fingerprint density at radius 1 is 1.48 bits per heavy atom. The van der Waals surface area contributed by atoms with E-state index < -0.39 is 23.0 Å².